The van der Waals surface area contributed by atoms with Gasteiger partial charge in [0.1, 0.15) is 0 Å². The first kappa shape index (κ1) is 25.9. The molecule has 0 atom stereocenters. The van der Waals surface area contributed by atoms with Gasteiger partial charge in [-0.2, -0.15) is 0 Å². The summed E-state index contributed by atoms with van der Waals surface area (Å²) in [5.74, 6) is 0. The van der Waals surface area contributed by atoms with E-state index in [1.54, 1.807) is 0 Å². The first-order valence-corrected chi connectivity index (χ1v) is 1.79. The van der Waals surface area contributed by atoms with Crippen molar-refractivity contribution >= 4 is 65.7 Å². The van der Waals surface area contributed by atoms with Gasteiger partial charge in [-0.25, -0.2) is 0 Å². The fraction of sp³-hybridized carbons (Fsp3) is 0. The summed E-state index contributed by atoms with van der Waals surface area (Å²) in [7, 11) is 3.83. The van der Waals surface area contributed by atoms with Crippen LogP contribution in [0.15, 0.2) is 0 Å². The third-order valence-corrected chi connectivity index (χ3v) is 0. The Morgan fingerprint density at radius 2 is 1.20 bits per heavy atom. The van der Waals surface area contributed by atoms with E-state index < -0.39 is 0 Å². The molecule has 0 amide bonds. The first-order chi connectivity index (χ1) is 1.00. The van der Waals surface area contributed by atoms with Crippen molar-refractivity contribution < 1.29 is 19.9 Å². The molecule has 1 nitrogen and oxygen atoms in total. The summed E-state index contributed by atoms with van der Waals surface area (Å²) in [4.78, 5) is 0. The zero-order valence-corrected chi connectivity index (χ0v) is 3.18. The molecule has 0 bridgehead atoms. The van der Waals surface area contributed by atoms with Crippen LogP contribution >= 0.6 is 10.6 Å². The zero-order chi connectivity index (χ0) is 2.00. The average molecular weight is 178 g/mol. The van der Waals surface area contributed by atoms with Crippen molar-refractivity contribution in [2.24, 2.45) is 0 Å². The van der Waals surface area contributed by atoms with Crippen molar-refractivity contribution in [1.29, 1.82) is 0 Å². The zero-order valence-electron chi connectivity index (χ0n) is 1.26. The van der Waals surface area contributed by atoms with Crippen LogP contribution in [0, 0.1) is 0 Å². The molecule has 0 aliphatic carbocycles. The van der Waals surface area contributed by atoms with Gasteiger partial charge in [0.25, 0.3) is 0 Å². The van der Waals surface area contributed by atoms with E-state index in [1.165, 1.54) is 0 Å². The van der Waals surface area contributed by atoms with Crippen LogP contribution in [-0.2, 0) is 14.4 Å². The Labute approximate surface area is 84.0 Å². The van der Waals surface area contributed by atoms with Gasteiger partial charge in [-0.1, -0.05) is 0 Å². The van der Waals surface area contributed by atoms with Crippen molar-refractivity contribution in [3.8, 4) is 0 Å². The Balaban J connectivity index is -0.00000000167. The summed E-state index contributed by atoms with van der Waals surface area (Å²) in [6, 6.07) is 0. The third-order valence-electron chi connectivity index (χ3n) is 0. The molecule has 5 heavy (non-hydrogen) atoms. The first-order valence-electron chi connectivity index (χ1n) is 0.144. The maximum absolute atomic E-state index is 3.83. The predicted octanol–water partition coefficient (Wildman–Crippen LogP) is -2.28. The molecule has 0 unspecified atom stereocenters. The summed E-state index contributed by atoms with van der Waals surface area (Å²) in [6.45, 7) is 0. The molecule has 32 valence electrons. The normalized spacial score (nSPS) is 1.00. The Bertz CT molecular complexity index is 11.6. The topological polar surface area (TPSA) is 31.5 Å². The van der Waals surface area contributed by atoms with Crippen LogP contribution in [0.4, 0.5) is 0 Å². The van der Waals surface area contributed by atoms with Crippen LogP contribution in [0.2, 0.25) is 0 Å². The molecule has 0 aromatic heterocycles. The van der Waals surface area contributed by atoms with Gasteiger partial charge in [0.05, 0.1) is 0 Å². The van der Waals surface area contributed by atoms with Crippen LogP contribution in [0.25, 0.3) is 0 Å². The van der Waals surface area contributed by atoms with Crippen LogP contribution in [-0.4, -0.2) is 60.6 Å². The molecular weight excluding hydrogens is 171 g/mol. The Morgan fingerprint density at radius 1 is 1.20 bits per heavy atom. The minimum atomic E-state index is 0. The van der Waals surface area contributed by atoms with Crippen molar-refractivity contribution in [3.05, 3.63) is 0 Å². The molecule has 5 heteroatoms. The second kappa shape index (κ2) is 31.5. The second-order valence-electron chi connectivity index (χ2n) is 0. The Morgan fingerprint density at radius 3 is 1.20 bits per heavy atom. The number of rotatable bonds is 0. The van der Waals surface area contributed by atoms with Gasteiger partial charge in [-0.05, 0) is 0 Å². The summed E-state index contributed by atoms with van der Waals surface area (Å²) in [5, 5.41) is 0. The molecule has 0 spiro atoms. The molecule has 2 N–H and O–H groups in total. The molecule has 0 aromatic carbocycles. The fourth-order valence-corrected chi connectivity index (χ4v) is 0. The average Bonchev–Trinajstić information content (AvgIpc) is 1.00. The molecule has 0 aliphatic heterocycles. The molecular formula is H7AlCaFeOS. The fourth-order valence-electron chi connectivity index (χ4n) is 0. The van der Waals surface area contributed by atoms with Gasteiger partial charge >= 0.3 is 62.7 Å². The van der Waals surface area contributed by atoms with E-state index in [0.717, 1.165) is 0 Å². The molecule has 0 aromatic rings. The van der Waals surface area contributed by atoms with E-state index in [2.05, 4.69) is 24.9 Å². The summed E-state index contributed by atoms with van der Waals surface area (Å²) in [5.41, 5.74) is 0. The molecule has 0 radical (unpaired) electrons. The van der Waals surface area contributed by atoms with Crippen molar-refractivity contribution in [3.63, 3.8) is 0 Å². The van der Waals surface area contributed by atoms with E-state index in [1.807, 2.05) is 0 Å². The third kappa shape index (κ3) is 21.1. The Hall–Kier alpha value is 2.49. The molecule has 0 saturated carbocycles. The van der Waals surface area contributed by atoms with Gasteiger partial charge < -0.3 is 5.48 Å². The van der Waals surface area contributed by atoms with Crippen molar-refractivity contribution in [2.45, 2.75) is 0 Å². The van der Waals surface area contributed by atoms with Gasteiger partial charge in [-0.15, -0.1) is 0 Å². The molecule has 0 heterocycles. The standard InChI is InChI=1S/Al.Ca.Fe.H2O.S.5H/h;;;1H2;;;;;;. The van der Waals surface area contributed by atoms with Crippen LogP contribution in [0.5, 0.6) is 0 Å². The van der Waals surface area contributed by atoms with Gasteiger partial charge in [0.2, 0.25) is 0 Å². The second-order valence-corrected chi connectivity index (χ2v) is 0. The SMILES string of the molecule is O.[AlH3].[CaH2].[S]=[Fe]. The molecule has 0 fully saturated rings. The van der Waals surface area contributed by atoms with E-state index in [-0.39, 0.29) is 60.6 Å². The van der Waals surface area contributed by atoms with E-state index >= 15 is 0 Å². The van der Waals surface area contributed by atoms with Gasteiger partial charge in [-0.3, -0.25) is 0 Å². The van der Waals surface area contributed by atoms with E-state index in [4.69, 9.17) is 0 Å². The Kier molecular flexibility index (Phi) is 163. The quantitative estimate of drug-likeness (QED) is 0.384. The van der Waals surface area contributed by atoms with Crippen LogP contribution in [0.1, 0.15) is 0 Å². The maximum atomic E-state index is 3.83. The molecule has 0 aliphatic rings. The van der Waals surface area contributed by atoms with Gasteiger partial charge in [0.15, 0.2) is 17.4 Å². The monoisotopic (exact) mass is 178 g/mol. The summed E-state index contributed by atoms with van der Waals surface area (Å²) < 4.78 is 0. The molecule has 0 saturated heterocycles. The summed E-state index contributed by atoms with van der Waals surface area (Å²) in [6.07, 6.45) is 0. The molecule has 0 rings (SSSR count). The number of hydrogen-bond donors (Lipinski definition) is 0. The van der Waals surface area contributed by atoms with Crippen LogP contribution in [0.3, 0.4) is 0 Å². The van der Waals surface area contributed by atoms with Crippen LogP contribution < -0.4 is 0 Å². The van der Waals surface area contributed by atoms with Crippen molar-refractivity contribution in [2.75, 3.05) is 0 Å². The number of hydrogen-bond acceptors (Lipinski definition) is 1. The van der Waals surface area contributed by atoms with Crippen molar-refractivity contribution in [1.82, 2.24) is 0 Å². The predicted molar refractivity (Wildman–Crippen MR) is 29.7 cm³/mol. The summed E-state index contributed by atoms with van der Waals surface area (Å²) >= 11 is 2.83. The van der Waals surface area contributed by atoms with E-state index in [0.29, 0.717) is 0 Å². The van der Waals surface area contributed by atoms with E-state index in [9.17, 15) is 0 Å². The van der Waals surface area contributed by atoms with Gasteiger partial charge in [0, 0.05) is 0 Å². The minimum absolute atomic E-state index is 0.